The van der Waals surface area contributed by atoms with Crippen molar-refractivity contribution in [3.63, 3.8) is 0 Å². The van der Waals surface area contributed by atoms with Crippen LogP contribution in [0.2, 0.25) is 5.02 Å². The molecule has 0 radical (unpaired) electrons. The van der Waals surface area contributed by atoms with Gasteiger partial charge in [0.05, 0.1) is 5.75 Å². The molecular formula is C18H23ClN2O2S. The van der Waals surface area contributed by atoms with Crippen LogP contribution in [0.5, 0.6) is 0 Å². The van der Waals surface area contributed by atoms with Crippen LogP contribution in [0.4, 0.5) is 0 Å². The zero-order valence-corrected chi connectivity index (χ0v) is 15.7. The van der Waals surface area contributed by atoms with E-state index in [-0.39, 0.29) is 11.8 Å². The van der Waals surface area contributed by atoms with Gasteiger partial charge in [-0.3, -0.25) is 0 Å². The van der Waals surface area contributed by atoms with Gasteiger partial charge in [-0.25, -0.2) is 13.1 Å². The largest absolute Gasteiger partial charge is 0.301 e. The predicted octanol–water partition coefficient (Wildman–Crippen LogP) is 3.37. The number of rotatable bonds is 7. The smallest absolute Gasteiger partial charge is 0.215 e. The fourth-order valence-electron chi connectivity index (χ4n) is 2.47. The average Bonchev–Trinajstić information content (AvgIpc) is 2.49. The summed E-state index contributed by atoms with van der Waals surface area (Å²) < 4.78 is 27.4. The monoisotopic (exact) mass is 366 g/mol. The summed E-state index contributed by atoms with van der Waals surface area (Å²) in [7, 11) is 0.429. The standard InChI is InChI=1S/C18H23ClN2O2S/c1-14-7-9-15(10-8-14)13-24(22,23)20-12-18(21(2)3)16-5-4-6-17(19)11-16/h4-11,18,20H,12-13H2,1-3H3. The Morgan fingerprint density at radius 2 is 1.79 bits per heavy atom. The number of benzene rings is 2. The van der Waals surface area contributed by atoms with Gasteiger partial charge in [-0.1, -0.05) is 53.6 Å². The normalized spacial score (nSPS) is 13.2. The first-order valence-electron chi connectivity index (χ1n) is 7.71. The van der Waals surface area contributed by atoms with Crippen LogP contribution in [-0.2, 0) is 15.8 Å². The number of aryl methyl sites for hydroxylation is 1. The number of nitrogens with one attached hydrogen (secondary N) is 1. The molecule has 2 rings (SSSR count). The highest BCUT2D eigenvalue weighted by Gasteiger charge is 2.18. The Morgan fingerprint density at radius 1 is 1.12 bits per heavy atom. The van der Waals surface area contributed by atoms with Crippen molar-refractivity contribution in [2.45, 2.75) is 18.7 Å². The quantitative estimate of drug-likeness (QED) is 0.817. The molecule has 130 valence electrons. The lowest BCUT2D eigenvalue weighted by molar-refractivity contribution is 0.299. The van der Waals surface area contributed by atoms with Gasteiger partial charge < -0.3 is 4.90 Å². The maximum atomic E-state index is 12.4. The first kappa shape index (κ1) is 18.9. The Kier molecular flexibility index (Phi) is 6.40. The maximum absolute atomic E-state index is 12.4. The molecule has 24 heavy (non-hydrogen) atoms. The molecule has 0 heterocycles. The Balaban J connectivity index is 2.06. The molecule has 0 bridgehead atoms. The molecule has 2 aromatic carbocycles. The van der Waals surface area contributed by atoms with Gasteiger partial charge in [0.1, 0.15) is 0 Å². The van der Waals surface area contributed by atoms with E-state index < -0.39 is 10.0 Å². The summed E-state index contributed by atoms with van der Waals surface area (Å²) in [5, 5.41) is 0.641. The van der Waals surface area contributed by atoms with E-state index in [0.29, 0.717) is 11.6 Å². The fourth-order valence-corrected chi connectivity index (χ4v) is 3.82. The Labute approximate surface area is 149 Å². The van der Waals surface area contributed by atoms with Crippen molar-refractivity contribution >= 4 is 21.6 Å². The summed E-state index contributed by atoms with van der Waals surface area (Å²) in [6, 6.07) is 14.9. The third-order valence-electron chi connectivity index (χ3n) is 3.83. The Bertz CT molecular complexity index is 774. The summed E-state index contributed by atoms with van der Waals surface area (Å²) in [6.45, 7) is 2.27. The molecule has 0 aliphatic rings. The van der Waals surface area contributed by atoms with Gasteiger partial charge in [0.15, 0.2) is 0 Å². The van der Waals surface area contributed by atoms with Crippen LogP contribution in [0.3, 0.4) is 0 Å². The summed E-state index contributed by atoms with van der Waals surface area (Å²) >= 11 is 6.05. The minimum absolute atomic E-state index is 0.0248. The minimum Gasteiger partial charge on any atom is -0.301 e. The molecule has 0 spiro atoms. The third-order valence-corrected chi connectivity index (χ3v) is 5.39. The van der Waals surface area contributed by atoms with Crippen LogP contribution < -0.4 is 4.72 Å². The van der Waals surface area contributed by atoms with Crippen LogP contribution in [0.15, 0.2) is 48.5 Å². The van der Waals surface area contributed by atoms with Gasteiger partial charge in [-0.2, -0.15) is 0 Å². The molecule has 2 aromatic rings. The number of hydrogen-bond acceptors (Lipinski definition) is 3. The van der Waals surface area contributed by atoms with Crippen LogP contribution in [0, 0.1) is 6.92 Å². The second kappa shape index (κ2) is 8.12. The number of halogens is 1. The molecule has 0 aliphatic carbocycles. The molecule has 4 nitrogen and oxygen atoms in total. The van der Waals surface area contributed by atoms with E-state index in [2.05, 4.69) is 4.72 Å². The van der Waals surface area contributed by atoms with E-state index in [1.54, 1.807) is 6.07 Å². The molecule has 0 fully saturated rings. The average molecular weight is 367 g/mol. The van der Waals surface area contributed by atoms with Crippen molar-refractivity contribution < 1.29 is 8.42 Å². The lowest BCUT2D eigenvalue weighted by Gasteiger charge is -2.25. The molecule has 0 saturated carbocycles. The molecule has 0 aromatic heterocycles. The summed E-state index contributed by atoms with van der Waals surface area (Å²) in [5.41, 5.74) is 2.86. The number of sulfonamides is 1. The number of likely N-dealkylation sites (N-methyl/N-ethyl adjacent to an activating group) is 1. The van der Waals surface area contributed by atoms with Gasteiger partial charge in [0.25, 0.3) is 0 Å². The van der Waals surface area contributed by atoms with E-state index in [1.165, 1.54) is 0 Å². The van der Waals surface area contributed by atoms with Crippen molar-refractivity contribution in [1.82, 2.24) is 9.62 Å². The number of nitrogens with zero attached hydrogens (tertiary/aromatic N) is 1. The van der Waals surface area contributed by atoms with Crippen molar-refractivity contribution in [3.8, 4) is 0 Å². The predicted molar refractivity (Wildman–Crippen MR) is 99.7 cm³/mol. The third kappa shape index (κ3) is 5.60. The summed E-state index contributed by atoms with van der Waals surface area (Å²) in [6.07, 6.45) is 0. The lowest BCUT2D eigenvalue weighted by atomic mass is 10.1. The summed E-state index contributed by atoms with van der Waals surface area (Å²) in [5.74, 6) is -0.0248. The zero-order valence-electron chi connectivity index (χ0n) is 14.2. The van der Waals surface area contributed by atoms with Gasteiger partial charge in [0.2, 0.25) is 10.0 Å². The molecule has 1 N–H and O–H groups in total. The van der Waals surface area contributed by atoms with Crippen LogP contribution in [0.1, 0.15) is 22.7 Å². The molecule has 1 atom stereocenters. The minimum atomic E-state index is -3.40. The first-order chi connectivity index (χ1) is 11.3. The molecule has 0 aliphatic heterocycles. The van der Waals surface area contributed by atoms with E-state index >= 15 is 0 Å². The second-order valence-corrected chi connectivity index (χ2v) is 8.37. The Morgan fingerprint density at radius 3 is 2.38 bits per heavy atom. The second-order valence-electron chi connectivity index (χ2n) is 6.13. The highest BCUT2D eigenvalue weighted by molar-refractivity contribution is 7.88. The lowest BCUT2D eigenvalue weighted by Crippen LogP contribution is -2.35. The van der Waals surface area contributed by atoms with Crippen LogP contribution in [-0.4, -0.2) is 34.0 Å². The molecule has 6 heteroatoms. The van der Waals surface area contributed by atoms with Gasteiger partial charge >= 0.3 is 0 Å². The van der Waals surface area contributed by atoms with Gasteiger partial charge in [-0.15, -0.1) is 0 Å². The zero-order chi connectivity index (χ0) is 17.7. The first-order valence-corrected chi connectivity index (χ1v) is 9.74. The highest BCUT2D eigenvalue weighted by atomic mass is 35.5. The summed E-state index contributed by atoms with van der Waals surface area (Å²) in [4.78, 5) is 1.97. The van der Waals surface area contributed by atoms with E-state index in [1.807, 2.05) is 68.4 Å². The molecular weight excluding hydrogens is 344 g/mol. The van der Waals surface area contributed by atoms with Crippen LogP contribution in [0.25, 0.3) is 0 Å². The van der Waals surface area contributed by atoms with Crippen LogP contribution >= 0.6 is 11.6 Å². The van der Waals surface area contributed by atoms with Gasteiger partial charge in [-0.05, 0) is 44.3 Å². The van der Waals surface area contributed by atoms with E-state index in [0.717, 1.165) is 16.7 Å². The van der Waals surface area contributed by atoms with E-state index in [9.17, 15) is 8.42 Å². The Hall–Kier alpha value is -1.40. The molecule has 1 unspecified atom stereocenters. The van der Waals surface area contributed by atoms with Gasteiger partial charge in [0, 0.05) is 17.6 Å². The fraction of sp³-hybridized carbons (Fsp3) is 0.333. The SMILES string of the molecule is Cc1ccc(CS(=O)(=O)NCC(c2cccc(Cl)c2)N(C)C)cc1. The van der Waals surface area contributed by atoms with Crippen molar-refractivity contribution in [3.05, 3.63) is 70.2 Å². The topological polar surface area (TPSA) is 49.4 Å². The molecule has 0 amide bonds. The number of hydrogen-bond donors (Lipinski definition) is 1. The molecule has 0 saturated heterocycles. The highest BCUT2D eigenvalue weighted by Crippen LogP contribution is 2.21. The van der Waals surface area contributed by atoms with Crippen molar-refractivity contribution in [1.29, 1.82) is 0 Å². The van der Waals surface area contributed by atoms with Crippen molar-refractivity contribution in [2.75, 3.05) is 20.6 Å². The maximum Gasteiger partial charge on any atom is 0.215 e. The van der Waals surface area contributed by atoms with E-state index in [4.69, 9.17) is 11.6 Å². The van der Waals surface area contributed by atoms with Crippen molar-refractivity contribution in [2.24, 2.45) is 0 Å².